The minimum atomic E-state index is -0.315. The third-order valence-electron chi connectivity index (χ3n) is 7.42. The first-order valence-corrected chi connectivity index (χ1v) is 13.3. The molecule has 0 radical (unpaired) electrons. The number of likely N-dealkylation sites (N-methyl/N-ethyl adjacent to an activating group) is 1. The van der Waals surface area contributed by atoms with Crippen LogP contribution in [0.1, 0.15) is 44.7 Å². The highest BCUT2D eigenvalue weighted by atomic mass is 16.5. The van der Waals surface area contributed by atoms with Crippen LogP contribution in [-0.4, -0.2) is 48.2 Å². The van der Waals surface area contributed by atoms with E-state index in [0.717, 1.165) is 61.4 Å². The Morgan fingerprint density at radius 2 is 1.82 bits per heavy atom. The molecule has 1 saturated heterocycles. The van der Waals surface area contributed by atoms with Gasteiger partial charge in [0, 0.05) is 44.5 Å². The molecule has 198 valence electrons. The fourth-order valence-corrected chi connectivity index (χ4v) is 5.25. The van der Waals surface area contributed by atoms with Crippen molar-refractivity contribution in [2.45, 2.75) is 50.8 Å². The van der Waals surface area contributed by atoms with Crippen molar-refractivity contribution >= 4 is 23.1 Å². The van der Waals surface area contributed by atoms with Gasteiger partial charge in [-0.3, -0.25) is 4.90 Å². The molecule has 2 fully saturated rings. The Balaban J connectivity index is 0.00000353. The number of benzene rings is 2. The van der Waals surface area contributed by atoms with Gasteiger partial charge in [-0.15, -0.1) is 0 Å². The number of aromatic nitrogens is 1. The number of ether oxygens (including phenoxy) is 1. The predicted molar refractivity (Wildman–Crippen MR) is 152 cm³/mol. The number of carbonyl (C=O) groups excluding carboxylic acids is 1. The zero-order chi connectivity index (χ0) is 26.3. The van der Waals surface area contributed by atoms with Crippen LogP contribution in [0.3, 0.4) is 0 Å². The Labute approximate surface area is 225 Å². The molecule has 8 nitrogen and oxygen atoms in total. The summed E-state index contributed by atoms with van der Waals surface area (Å²) >= 11 is 0. The molecule has 3 aromatic rings. The fourth-order valence-electron chi connectivity index (χ4n) is 5.25. The Bertz CT molecular complexity index is 1270. The Kier molecular flexibility index (Phi) is 8.05. The second-order valence-electron chi connectivity index (χ2n) is 10.1. The number of urea groups is 1. The van der Waals surface area contributed by atoms with E-state index in [9.17, 15) is 10.1 Å². The number of amides is 2. The number of anilines is 3. The van der Waals surface area contributed by atoms with Crippen LogP contribution >= 0.6 is 0 Å². The molecule has 1 aliphatic heterocycles. The molecule has 1 saturated carbocycles. The summed E-state index contributed by atoms with van der Waals surface area (Å²) in [4.78, 5) is 21.5. The van der Waals surface area contributed by atoms with E-state index >= 15 is 0 Å². The third kappa shape index (κ3) is 6.42. The molecule has 2 aromatic carbocycles. The molecule has 2 heterocycles. The van der Waals surface area contributed by atoms with Crippen molar-refractivity contribution in [3.63, 3.8) is 0 Å². The second-order valence-corrected chi connectivity index (χ2v) is 10.1. The van der Waals surface area contributed by atoms with Gasteiger partial charge in [0.2, 0.25) is 5.88 Å². The molecule has 1 unspecified atom stereocenters. The van der Waals surface area contributed by atoms with Crippen molar-refractivity contribution in [1.82, 2.24) is 9.88 Å². The molecule has 1 aromatic heterocycles. The maximum absolute atomic E-state index is 12.5. The first-order chi connectivity index (χ1) is 18.6. The van der Waals surface area contributed by atoms with Gasteiger partial charge in [0.05, 0.1) is 23.5 Å². The van der Waals surface area contributed by atoms with E-state index in [2.05, 4.69) is 38.5 Å². The zero-order valence-electron chi connectivity index (χ0n) is 21.8. The second kappa shape index (κ2) is 12.0. The maximum Gasteiger partial charge on any atom is 0.323 e. The predicted octanol–water partition coefficient (Wildman–Crippen LogP) is 5.88. The molecule has 0 bridgehead atoms. The van der Waals surface area contributed by atoms with Crippen LogP contribution in [0.15, 0.2) is 66.9 Å². The lowest BCUT2D eigenvalue weighted by molar-refractivity contribution is 0.201. The van der Waals surface area contributed by atoms with Crippen molar-refractivity contribution in [3.05, 3.63) is 78.0 Å². The maximum atomic E-state index is 12.5. The number of carbonyl (C=O) groups is 1. The van der Waals surface area contributed by atoms with Gasteiger partial charge in [-0.05, 0) is 81.1 Å². The van der Waals surface area contributed by atoms with E-state index < -0.39 is 0 Å². The van der Waals surface area contributed by atoms with E-state index in [1.54, 1.807) is 18.3 Å². The Morgan fingerprint density at radius 3 is 2.55 bits per heavy atom. The van der Waals surface area contributed by atoms with Gasteiger partial charge in [0.15, 0.2) is 0 Å². The van der Waals surface area contributed by atoms with E-state index in [1.807, 2.05) is 48.5 Å². The van der Waals surface area contributed by atoms with Crippen LogP contribution in [0.25, 0.3) is 0 Å². The third-order valence-corrected chi connectivity index (χ3v) is 7.42. The average molecular weight is 513 g/mol. The lowest BCUT2D eigenvalue weighted by Crippen LogP contribution is -2.34. The molecular weight excluding hydrogens is 476 g/mol. The first kappa shape index (κ1) is 25.6. The van der Waals surface area contributed by atoms with Crippen LogP contribution in [0.2, 0.25) is 0 Å². The molecule has 0 spiro atoms. The van der Waals surface area contributed by atoms with Gasteiger partial charge in [0.25, 0.3) is 0 Å². The van der Waals surface area contributed by atoms with Crippen LogP contribution in [0, 0.1) is 11.3 Å². The normalized spacial score (nSPS) is 17.4. The van der Waals surface area contributed by atoms with Crippen molar-refractivity contribution in [2.75, 3.05) is 35.7 Å². The number of nitrogens with zero attached hydrogens (tertiary/aromatic N) is 4. The first-order valence-electron chi connectivity index (χ1n) is 13.3. The largest absolute Gasteiger partial charge is 0.474 e. The van der Waals surface area contributed by atoms with Gasteiger partial charge < -0.3 is 20.3 Å². The molecular formula is C30H36N6O2. The summed E-state index contributed by atoms with van der Waals surface area (Å²) in [5, 5.41) is 15.1. The van der Waals surface area contributed by atoms with Crippen molar-refractivity contribution in [1.29, 1.82) is 5.26 Å². The minimum Gasteiger partial charge on any atom is -0.474 e. The summed E-state index contributed by atoms with van der Waals surface area (Å²) in [6.07, 6.45) is 7.51. The number of hydrogen-bond acceptors (Lipinski definition) is 6. The van der Waals surface area contributed by atoms with Gasteiger partial charge in [0.1, 0.15) is 6.10 Å². The summed E-state index contributed by atoms with van der Waals surface area (Å²) in [6.45, 7) is 2.65. The number of pyridine rings is 1. The van der Waals surface area contributed by atoms with E-state index in [1.165, 1.54) is 12.8 Å². The molecule has 1 aliphatic carbocycles. The molecule has 38 heavy (non-hydrogen) atoms. The van der Waals surface area contributed by atoms with Gasteiger partial charge in [-0.1, -0.05) is 18.2 Å². The Morgan fingerprint density at radius 1 is 1.08 bits per heavy atom. The van der Waals surface area contributed by atoms with Crippen LogP contribution in [0.4, 0.5) is 21.9 Å². The molecule has 2 aliphatic rings. The van der Waals surface area contributed by atoms with Crippen LogP contribution < -0.4 is 20.3 Å². The topological polar surface area (TPSA) is 93.5 Å². The average Bonchev–Trinajstić information content (AvgIpc) is 3.63. The smallest absolute Gasteiger partial charge is 0.323 e. The lowest BCUT2D eigenvalue weighted by atomic mass is 10.1. The van der Waals surface area contributed by atoms with Crippen LogP contribution in [0.5, 0.6) is 5.88 Å². The summed E-state index contributed by atoms with van der Waals surface area (Å²) < 4.78 is 5.88. The standard InChI is InChI=1S/C30H34N6O2.H2/c1-35(20-23-7-3-2-6-22(23)18-31)27-16-17-36(21-27)26-13-10-24(11-14-26)33-30(37)34-25-12-15-29(32-19-25)38-28-8-4-5-9-28;/h2-3,6-7,10-15,19,27-28H,4-5,8-9,16-17,20-21H2,1H3,(H2,33,34,37);1H. The highest BCUT2D eigenvalue weighted by Crippen LogP contribution is 2.26. The highest BCUT2D eigenvalue weighted by Gasteiger charge is 2.26. The summed E-state index contributed by atoms with van der Waals surface area (Å²) in [5.41, 5.74) is 4.27. The quantitative estimate of drug-likeness (QED) is 0.392. The van der Waals surface area contributed by atoms with Crippen molar-refractivity contribution in [2.24, 2.45) is 0 Å². The lowest BCUT2D eigenvalue weighted by Gasteiger charge is -2.26. The number of hydrogen-bond donors (Lipinski definition) is 2. The molecule has 1 atom stereocenters. The van der Waals surface area contributed by atoms with E-state index in [-0.39, 0.29) is 13.6 Å². The molecule has 2 N–H and O–H groups in total. The summed E-state index contributed by atoms with van der Waals surface area (Å²) in [7, 11) is 2.12. The molecule has 8 heteroatoms. The van der Waals surface area contributed by atoms with Crippen molar-refractivity contribution < 1.29 is 11.0 Å². The van der Waals surface area contributed by atoms with Gasteiger partial charge >= 0.3 is 6.03 Å². The van der Waals surface area contributed by atoms with Gasteiger partial charge in [-0.25, -0.2) is 9.78 Å². The molecule has 5 rings (SSSR count). The van der Waals surface area contributed by atoms with Crippen molar-refractivity contribution in [3.8, 4) is 11.9 Å². The zero-order valence-corrected chi connectivity index (χ0v) is 21.8. The monoisotopic (exact) mass is 512 g/mol. The van der Waals surface area contributed by atoms with E-state index in [0.29, 0.717) is 17.6 Å². The van der Waals surface area contributed by atoms with Gasteiger partial charge in [-0.2, -0.15) is 5.26 Å². The van der Waals surface area contributed by atoms with Crippen LogP contribution in [-0.2, 0) is 6.54 Å². The number of rotatable bonds is 8. The highest BCUT2D eigenvalue weighted by molar-refractivity contribution is 5.99. The fraction of sp³-hybridized carbons (Fsp3) is 0.367. The summed E-state index contributed by atoms with van der Waals surface area (Å²) in [6, 6.07) is 21.7. The number of nitriles is 1. The minimum absolute atomic E-state index is 0. The molecule has 2 amide bonds. The van der Waals surface area contributed by atoms with E-state index in [4.69, 9.17) is 4.74 Å². The number of nitrogens with one attached hydrogen (secondary N) is 2. The SMILES string of the molecule is CN(Cc1ccccc1C#N)C1CCN(c2ccc(NC(=O)Nc3ccc(OC4CCCC4)nc3)cc2)C1.[HH]. The Hall–Kier alpha value is -4.09. The summed E-state index contributed by atoms with van der Waals surface area (Å²) in [5.74, 6) is 0.598.